The number of urea groups is 1. The summed E-state index contributed by atoms with van der Waals surface area (Å²) in [6.45, 7) is 1.68. The van der Waals surface area contributed by atoms with Crippen molar-refractivity contribution < 1.29 is 19.5 Å². The Labute approximate surface area is 121 Å². The number of carboxylic acid groups (broad SMARTS) is 1. The van der Waals surface area contributed by atoms with Gasteiger partial charge < -0.3 is 21.1 Å². The molecule has 2 rings (SSSR count). The Balaban J connectivity index is 2.26. The van der Waals surface area contributed by atoms with Crippen molar-refractivity contribution in [3.05, 3.63) is 35.4 Å². The lowest BCUT2D eigenvalue weighted by atomic mass is 9.93. The molecule has 0 spiro atoms. The molecule has 1 aromatic rings. The summed E-state index contributed by atoms with van der Waals surface area (Å²) < 4.78 is 0. The van der Waals surface area contributed by atoms with E-state index in [0.717, 1.165) is 11.1 Å². The fourth-order valence-corrected chi connectivity index (χ4v) is 2.50. The van der Waals surface area contributed by atoms with E-state index in [1.54, 1.807) is 0 Å². The highest BCUT2D eigenvalue weighted by Crippen LogP contribution is 2.24. The highest BCUT2D eigenvalue weighted by Gasteiger charge is 2.36. The molecule has 0 aromatic heterocycles. The van der Waals surface area contributed by atoms with Crippen LogP contribution in [-0.4, -0.2) is 40.0 Å². The van der Waals surface area contributed by atoms with Crippen LogP contribution in [0.15, 0.2) is 24.3 Å². The summed E-state index contributed by atoms with van der Waals surface area (Å²) in [5.41, 5.74) is 6.83. The highest BCUT2D eigenvalue weighted by molar-refractivity contribution is 5.90. The number of hydrogen-bond acceptors (Lipinski definition) is 3. The number of primary amides is 1. The number of nitrogens with zero attached hydrogens (tertiary/aromatic N) is 1. The molecule has 21 heavy (non-hydrogen) atoms. The van der Waals surface area contributed by atoms with E-state index in [-0.39, 0.29) is 13.0 Å². The Morgan fingerprint density at radius 1 is 1.33 bits per heavy atom. The summed E-state index contributed by atoms with van der Waals surface area (Å²) in [7, 11) is 0. The third-order valence-electron chi connectivity index (χ3n) is 3.55. The van der Waals surface area contributed by atoms with Gasteiger partial charge in [-0.3, -0.25) is 4.79 Å². The number of amides is 3. The largest absolute Gasteiger partial charge is 0.480 e. The van der Waals surface area contributed by atoms with Gasteiger partial charge in [-0.1, -0.05) is 24.3 Å². The zero-order valence-corrected chi connectivity index (χ0v) is 11.6. The SMILES string of the molecule is CC(NC(N)=O)C(=O)N1Cc2ccccc2CC1C(=O)O. The molecular weight excluding hydrogens is 274 g/mol. The second-order valence-electron chi connectivity index (χ2n) is 5.02. The lowest BCUT2D eigenvalue weighted by Crippen LogP contribution is -2.55. The maximum absolute atomic E-state index is 12.4. The first-order valence-corrected chi connectivity index (χ1v) is 6.56. The first-order valence-electron chi connectivity index (χ1n) is 6.56. The molecule has 2 atom stereocenters. The molecule has 1 aliphatic rings. The number of hydrogen-bond donors (Lipinski definition) is 3. The van der Waals surface area contributed by atoms with Crippen LogP contribution in [0.25, 0.3) is 0 Å². The summed E-state index contributed by atoms with van der Waals surface area (Å²) in [6.07, 6.45) is 0.251. The Kier molecular flexibility index (Phi) is 4.11. The van der Waals surface area contributed by atoms with Crippen LogP contribution in [0.3, 0.4) is 0 Å². The van der Waals surface area contributed by atoms with E-state index < -0.39 is 30.0 Å². The Morgan fingerprint density at radius 2 is 1.95 bits per heavy atom. The van der Waals surface area contributed by atoms with Crippen molar-refractivity contribution in [1.82, 2.24) is 10.2 Å². The third-order valence-corrected chi connectivity index (χ3v) is 3.55. The molecular formula is C14H17N3O4. The molecule has 1 aromatic carbocycles. The zero-order valence-electron chi connectivity index (χ0n) is 11.6. The molecule has 0 radical (unpaired) electrons. The number of carboxylic acids is 1. The van der Waals surface area contributed by atoms with E-state index in [0.29, 0.717) is 0 Å². The van der Waals surface area contributed by atoms with Crippen molar-refractivity contribution in [2.24, 2.45) is 5.73 Å². The van der Waals surface area contributed by atoms with Gasteiger partial charge in [-0.2, -0.15) is 0 Å². The normalized spacial score (nSPS) is 18.5. The van der Waals surface area contributed by atoms with Crippen LogP contribution in [0.1, 0.15) is 18.1 Å². The van der Waals surface area contributed by atoms with Crippen molar-refractivity contribution in [3.8, 4) is 0 Å². The number of fused-ring (bicyclic) bond motifs is 1. The van der Waals surface area contributed by atoms with Gasteiger partial charge in [0, 0.05) is 13.0 Å². The predicted molar refractivity (Wildman–Crippen MR) is 74.3 cm³/mol. The highest BCUT2D eigenvalue weighted by atomic mass is 16.4. The predicted octanol–water partition coefficient (Wildman–Crippen LogP) is 0.0813. The van der Waals surface area contributed by atoms with Gasteiger partial charge in [0.1, 0.15) is 12.1 Å². The van der Waals surface area contributed by atoms with Crippen molar-refractivity contribution in [1.29, 1.82) is 0 Å². The maximum atomic E-state index is 12.4. The number of carbonyl (C=O) groups excluding carboxylic acids is 2. The number of benzene rings is 1. The molecule has 0 saturated heterocycles. The molecule has 4 N–H and O–H groups in total. The van der Waals surface area contributed by atoms with Crippen LogP contribution in [0.4, 0.5) is 4.79 Å². The smallest absolute Gasteiger partial charge is 0.326 e. The number of carbonyl (C=O) groups is 3. The quantitative estimate of drug-likeness (QED) is 0.732. The lowest BCUT2D eigenvalue weighted by molar-refractivity contribution is -0.152. The van der Waals surface area contributed by atoms with E-state index >= 15 is 0 Å². The van der Waals surface area contributed by atoms with Gasteiger partial charge in [0.05, 0.1) is 0 Å². The molecule has 1 heterocycles. The van der Waals surface area contributed by atoms with Crippen LogP contribution >= 0.6 is 0 Å². The van der Waals surface area contributed by atoms with Gasteiger partial charge >= 0.3 is 12.0 Å². The molecule has 1 aliphatic heterocycles. The molecule has 7 nitrogen and oxygen atoms in total. The Bertz CT molecular complexity index is 587. The molecule has 3 amide bonds. The second kappa shape index (κ2) is 5.82. The number of nitrogens with one attached hydrogen (secondary N) is 1. The zero-order chi connectivity index (χ0) is 15.6. The van der Waals surface area contributed by atoms with Crippen LogP contribution in [-0.2, 0) is 22.6 Å². The molecule has 0 bridgehead atoms. The third kappa shape index (κ3) is 3.13. The fourth-order valence-electron chi connectivity index (χ4n) is 2.50. The van der Waals surface area contributed by atoms with E-state index in [2.05, 4.69) is 5.32 Å². The maximum Gasteiger partial charge on any atom is 0.326 e. The molecule has 0 aliphatic carbocycles. The van der Waals surface area contributed by atoms with Gasteiger partial charge in [-0.25, -0.2) is 9.59 Å². The monoisotopic (exact) mass is 291 g/mol. The van der Waals surface area contributed by atoms with E-state index in [9.17, 15) is 19.5 Å². The van der Waals surface area contributed by atoms with E-state index in [1.165, 1.54) is 11.8 Å². The molecule has 7 heteroatoms. The minimum absolute atomic E-state index is 0.205. The van der Waals surface area contributed by atoms with Crippen LogP contribution in [0.5, 0.6) is 0 Å². The molecule has 0 saturated carbocycles. The van der Waals surface area contributed by atoms with Crippen molar-refractivity contribution in [3.63, 3.8) is 0 Å². The van der Waals surface area contributed by atoms with Crippen molar-refractivity contribution >= 4 is 17.9 Å². The molecule has 112 valence electrons. The van der Waals surface area contributed by atoms with Gasteiger partial charge in [0.25, 0.3) is 0 Å². The fraction of sp³-hybridized carbons (Fsp3) is 0.357. The average Bonchev–Trinajstić information content (AvgIpc) is 2.44. The van der Waals surface area contributed by atoms with Crippen LogP contribution in [0, 0.1) is 0 Å². The van der Waals surface area contributed by atoms with E-state index in [1.807, 2.05) is 24.3 Å². The minimum atomic E-state index is -1.07. The number of aliphatic carboxylic acids is 1. The number of rotatable bonds is 3. The number of nitrogens with two attached hydrogens (primary N) is 1. The first kappa shape index (κ1) is 14.8. The summed E-state index contributed by atoms with van der Waals surface area (Å²) in [6, 6.07) is 4.78. The summed E-state index contributed by atoms with van der Waals surface area (Å²) >= 11 is 0. The van der Waals surface area contributed by atoms with Crippen LogP contribution < -0.4 is 11.1 Å². The molecule has 0 fully saturated rings. The summed E-state index contributed by atoms with van der Waals surface area (Å²) in [5, 5.41) is 11.6. The standard InChI is InChI=1S/C14H17N3O4/c1-8(16-14(15)21)12(18)17-7-10-5-3-2-4-9(10)6-11(17)13(19)20/h2-5,8,11H,6-7H2,1H3,(H,19,20)(H3,15,16,21). The van der Waals surface area contributed by atoms with Crippen molar-refractivity contribution in [2.45, 2.75) is 32.0 Å². The van der Waals surface area contributed by atoms with E-state index in [4.69, 9.17) is 5.73 Å². The Morgan fingerprint density at radius 3 is 2.52 bits per heavy atom. The first-order chi connectivity index (χ1) is 9.90. The second-order valence-corrected chi connectivity index (χ2v) is 5.02. The summed E-state index contributed by atoms with van der Waals surface area (Å²) in [5.74, 6) is -1.53. The lowest BCUT2D eigenvalue weighted by Gasteiger charge is -2.36. The average molecular weight is 291 g/mol. The summed E-state index contributed by atoms with van der Waals surface area (Å²) in [4.78, 5) is 35.9. The van der Waals surface area contributed by atoms with Crippen molar-refractivity contribution in [2.75, 3.05) is 0 Å². The Hall–Kier alpha value is -2.57. The van der Waals surface area contributed by atoms with Gasteiger partial charge in [0.2, 0.25) is 5.91 Å². The van der Waals surface area contributed by atoms with Gasteiger partial charge in [0.15, 0.2) is 0 Å². The van der Waals surface area contributed by atoms with Gasteiger partial charge in [-0.15, -0.1) is 0 Å². The topological polar surface area (TPSA) is 113 Å². The van der Waals surface area contributed by atoms with Crippen LogP contribution in [0.2, 0.25) is 0 Å². The minimum Gasteiger partial charge on any atom is -0.480 e. The molecule has 2 unspecified atom stereocenters. The van der Waals surface area contributed by atoms with Gasteiger partial charge in [-0.05, 0) is 18.1 Å².